The fourth-order valence-electron chi connectivity index (χ4n) is 2.92. The summed E-state index contributed by atoms with van der Waals surface area (Å²) in [6.07, 6.45) is 1.71. The highest BCUT2D eigenvalue weighted by atomic mass is 32.1. The number of nitrogens with one attached hydrogen (secondary N) is 1. The lowest BCUT2D eigenvalue weighted by molar-refractivity contribution is 0.102. The van der Waals surface area contributed by atoms with Crippen LogP contribution in [0.2, 0.25) is 0 Å². The number of carbonyl (C=O) groups excluding carboxylic acids is 1. The smallest absolute Gasteiger partial charge is 0.335 e. The van der Waals surface area contributed by atoms with Crippen molar-refractivity contribution in [3.05, 3.63) is 83.2 Å². The number of ether oxygens (including phenoxy) is 1. The molecule has 0 radical (unpaired) electrons. The van der Waals surface area contributed by atoms with E-state index < -0.39 is 11.6 Å². The number of furan rings is 1. The Bertz CT molecular complexity index is 1240. The number of nitrogens with zero attached hydrogens (tertiary/aromatic N) is 1. The zero-order valence-corrected chi connectivity index (χ0v) is 18.0. The van der Waals surface area contributed by atoms with Gasteiger partial charge in [-0.25, -0.2) is 4.98 Å². The van der Waals surface area contributed by atoms with Crippen LogP contribution in [0.15, 0.2) is 65.2 Å². The van der Waals surface area contributed by atoms with E-state index >= 15 is 0 Å². The van der Waals surface area contributed by atoms with E-state index in [0.717, 1.165) is 22.3 Å². The number of carbonyl (C=O) groups is 1. The summed E-state index contributed by atoms with van der Waals surface area (Å²) in [6, 6.07) is 16.8. The number of aromatic nitrogens is 1. The van der Waals surface area contributed by atoms with Crippen molar-refractivity contribution in [2.45, 2.75) is 20.8 Å². The van der Waals surface area contributed by atoms with E-state index in [1.54, 1.807) is 24.4 Å². The van der Waals surface area contributed by atoms with Crippen molar-refractivity contribution in [2.75, 3.05) is 5.32 Å². The van der Waals surface area contributed by atoms with Gasteiger partial charge in [0.15, 0.2) is 11.3 Å². The monoisotopic (exact) mass is 436 g/mol. The van der Waals surface area contributed by atoms with Gasteiger partial charge < -0.3 is 14.5 Å². The standard InChI is InChI=1S/C23H20N2O3.O2S/c1-14-4-7-19(8-5-14)28-20-12-18(11-17-10-16(3)27-22(17)20)23(26)25-21-9-6-15(2)13-24-21;1-3-2/h4-13H,1-3H3,(H,24,25,26);. The molecule has 8 heteroatoms. The molecule has 158 valence electrons. The molecular formula is C23H20N2O5S. The molecule has 0 aliphatic rings. The first-order chi connectivity index (χ1) is 14.9. The van der Waals surface area contributed by atoms with Crippen molar-refractivity contribution in [3.63, 3.8) is 0 Å². The Morgan fingerprint density at radius 1 is 0.968 bits per heavy atom. The second kappa shape index (κ2) is 9.82. The molecule has 2 heterocycles. The van der Waals surface area contributed by atoms with E-state index in [1.807, 2.05) is 57.2 Å². The number of pyridine rings is 1. The molecule has 1 amide bonds. The highest BCUT2D eigenvalue weighted by Crippen LogP contribution is 2.34. The third kappa shape index (κ3) is 5.64. The number of hydrogen-bond acceptors (Lipinski definition) is 6. The largest absolute Gasteiger partial charge is 0.457 e. The van der Waals surface area contributed by atoms with Gasteiger partial charge in [-0.2, -0.15) is 8.42 Å². The first-order valence-corrected chi connectivity index (χ1v) is 10.0. The van der Waals surface area contributed by atoms with E-state index in [1.165, 1.54) is 0 Å². The van der Waals surface area contributed by atoms with Crippen LogP contribution in [0.4, 0.5) is 5.82 Å². The molecule has 0 aliphatic carbocycles. The Kier molecular flexibility index (Phi) is 6.94. The minimum absolute atomic E-state index is 0.258. The Hall–Kier alpha value is -3.78. The van der Waals surface area contributed by atoms with Gasteiger partial charge in [-0.15, -0.1) is 0 Å². The van der Waals surface area contributed by atoms with Gasteiger partial charge in [0, 0.05) is 17.1 Å². The number of anilines is 1. The van der Waals surface area contributed by atoms with Gasteiger partial charge in [-0.05, 0) is 62.7 Å². The third-order valence-electron chi connectivity index (χ3n) is 4.37. The van der Waals surface area contributed by atoms with Crippen molar-refractivity contribution in [1.29, 1.82) is 0 Å². The van der Waals surface area contributed by atoms with Crippen molar-refractivity contribution < 1.29 is 22.4 Å². The number of amides is 1. The highest BCUT2D eigenvalue weighted by Gasteiger charge is 2.16. The molecule has 1 N–H and O–H groups in total. The second-order valence-electron chi connectivity index (χ2n) is 6.91. The van der Waals surface area contributed by atoms with Crippen LogP contribution in [0.3, 0.4) is 0 Å². The lowest BCUT2D eigenvalue weighted by atomic mass is 10.1. The van der Waals surface area contributed by atoms with Gasteiger partial charge in [0.2, 0.25) is 0 Å². The van der Waals surface area contributed by atoms with Crippen LogP contribution in [-0.2, 0) is 11.6 Å². The molecule has 7 nitrogen and oxygen atoms in total. The minimum atomic E-state index is -0.750. The SMILES string of the molecule is Cc1ccc(Oc2cc(C(=O)Nc3ccc(C)cn3)cc3cc(C)oc23)cc1.O=S=O. The summed E-state index contributed by atoms with van der Waals surface area (Å²) in [5.74, 6) is 2.17. The third-order valence-corrected chi connectivity index (χ3v) is 4.37. The summed E-state index contributed by atoms with van der Waals surface area (Å²) < 4.78 is 28.4. The van der Waals surface area contributed by atoms with Crippen LogP contribution in [0, 0.1) is 20.8 Å². The van der Waals surface area contributed by atoms with E-state index in [-0.39, 0.29) is 5.91 Å². The van der Waals surface area contributed by atoms with Gasteiger partial charge in [0.25, 0.3) is 5.91 Å². The molecule has 2 aromatic carbocycles. The summed E-state index contributed by atoms with van der Waals surface area (Å²) in [6.45, 7) is 5.83. The lowest BCUT2D eigenvalue weighted by Crippen LogP contribution is -2.13. The molecule has 4 aromatic rings. The summed E-state index contributed by atoms with van der Waals surface area (Å²) in [5, 5.41) is 3.63. The first kappa shape index (κ1) is 21.9. The maximum Gasteiger partial charge on any atom is 0.335 e. The number of aryl methyl sites for hydroxylation is 3. The molecule has 2 aromatic heterocycles. The Balaban J connectivity index is 0.000000858. The maximum absolute atomic E-state index is 12.8. The Labute approximate surface area is 182 Å². The molecule has 0 saturated heterocycles. The average Bonchev–Trinajstić information content (AvgIpc) is 3.12. The predicted octanol–water partition coefficient (Wildman–Crippen LogP) is 5.13. The highest BCUT2D eigenvalue weighted by molar-refractivity contribution is 7.51. The minimum Gasteiger partial charge on any atom is -0.457 e. The van der Waals surface area contributed by atoms with Crippen molar-refractivity contribution in [2.24, 2.45) is 0 Å². The van der Waals surface area contributed by atoms with Crippen molar-refractivity contribution in [3.8, 4) is 11.5 Å². The number of fused-ring (bicyclic) bond motifs is 1. The molecular weight excluding hydrogens is 416 g/mol. The maximum atomic E-state index is 12.8. The summed E-state index contributed by atoms with van der Waals surface area (Å²) >= 11 is -0.750. The molecule has 0 atom stereocenters. The Morgan fingerprint density at radius 3 is 2.29 bits per heavy atom. The van der Waals surface area contributed by atoms with E-state index in [9.17, 15) is 4.79 Å². The molecule has 0 unspecified atom stereocenters. The molecule has 0 spiro atoms. The van der Waals surface area contributed by atoms with Gasteiger partial charge in [0.05, 0.1) is 0 Å². The van der Waals surface area contributed by atoms with Crippen LogP contribution in [-0.4, -0.2) is 19.3 Å². The first-order valence-electron chi connectivity index (χ1n) is 9.34. The van der Waals surface area contributed by atoms with Crippen LogP contribution in [0.5, 0.6) is 11.5 Å². The molecule has 0 fully saturated rings. The number of rotatable bonds is 4. The summed E-state index contributed by atoms with van der Waals surface area (Å²) in [4.78, 5) is 17.0. The fourth-order valence-corrected chi connectivity index (χ4v) is 2.92. The Morgan fingerprint density at radius 2 is 1.65 bits per heavy atom. The van der Waals surface area contributed by atoms with Gasteiger partial charge >= 0.3 is 11.6 Å². The zero-order chi connectivity index (χ0) is 22.4. The molecule has 0 bridgehead atoms. The van der Waals surface area contributed by atoms with Crippen molar-refractivity contribution >= 4 is 34.3 Å². The zero-order valence-electron chi connectivity index (χ0n) is 17.2. The summed E-state index contributed by atoms with van der Waals surface area (Å²) in [7, 11) is 0. The molecule has 0 saturated carbocycles. The topological polar surface area (TPSA) is 98.5 Å². The van der Waals surface area contributed by atoms with E-state index in [2.05, 4.69) is 10.3 Å². The number of benzene rings is 2. The summed E-state index contributed by atoms with van der Waals surface area (Å²) in [5.41, 5.74) is 3.26. The molecule has 0 aliphatic heterocycles. The second-order valence-corrected chi connectivity index (χ2v) is 7.04. The number of hydrogen-bond donors (Lipinski definition) is 1. The predicted molar refractivity (Wildman–Crippen MR) is 118 cm³/mol. The van der Waals surface area contributed by atoms with Crippen LogP contribution in [0.25, 0.3) is 11.0 Å². The van der Waals surface area contributed by atoms with Crippen LogP contribution >= 0.6 is 0 Å². The van der Waals surface area contributed by atoms with E-state index in [0.29, 0.717) is 28.5 Å². The normalized spacial score (nSPS) is 10.2. The van der Waals surface area contributed by atoms with E-state index in [4.69, 9.17) is 17.6 Å². The lowest BCUT2D eigenvalue weighted by Gasteiger charge is -2.10. The van der Waals surface area contributed by atoms with Crippen LogP contribution < -0.4 is 10.1 Å². The van der Waals surface area contributed by atoms with Crippen molar-refractivity contribution in [1.82, 2.24) is 4.98 Å². The quantitative estimate of drug-likeness (QED) is 0.476. The van der Waals surface area contributed by atoms with Crippen LogP contribution in [0.1, 0.15) is 27.2 Å². The van der Waals surface area contributed by atoms with Gasteiger partial charge in [0.1, 0.15) is 17.3 Å². The molecule has 31 heavy (non-hydrogen) atoms. The average molecular weight is 436 g/mol. The van der Waals surface area contributed by atoms with Gasteiger partial charge in [-0.3, -0.25) is 4.79 Å². The van der Waals surface area contributed by atoms with Gasteiger partial charge in [-0.1, -0.05) is 23.8 Å². The molecule has 4 rings (SSSR count). The fraction of sp³-hybridized carbons (Fsp3) is 0.130.